The maximum atomic E-state index is 13.1. The minimum Gasteiger partial charge on any atom is -0.374 e. The first-order chi connectivity index (χ1) is 11.6. The predicted molar refractivity (Wildman–Crippen MR) is 101 cm³/mol. The number of carbonyl (C=O) groups excluding carboxylic acids is 1. The summed E-state index contributed by atoms with van der Waals surface area (Å²) in [4.78, 5) is 13.6. The number of ketones is 1. The molecule has 3 nitrogen and oxygen atoms in total. The number of benzene rings is 1. The van der Waals surface area contributed by atoms with Crippen LogP contribution in [0.25, 0.3) is 0 Å². The lowest BCUT2D eigenvalue weighted by atomic mass is 9.95. The zero-order chi connectivity index (χ0) is 17.5. The molecule has 1 heterocycles. The molecule has 0 aliphatic heterocycles. The van der Waals surface area contributed by atoms with Gasteiger partial charge in [-0.1, -0.05) is 56.4 Å². The number of nitrogens with zero attached hydrogens (tertiary/aromatic N) is 1. The zero-order valence-electron chi connectivity index (χ0n) is 14.5. The van der Waals surface area contributed by atoms with Gasteiger partial charge in [-0.05, 0) is 24.8 Å². The van der Waals surface area contributed by atoms with E-state index in [0.29, 0.717) is 23.0 Å². The van der Waals surface area contributed by atoms with Gasteiger partial charge < -0.3 is 5.32 Å². The van der Waals surface area contributed by atoms with Gasteiger partial charge in [-0.15, -0.1) is 0 Å². The standard InChI is InChI=1S/C20H24N2OS/c1-4-15(3)16-9-11-17(12-10-16)19(23)18(20(24)21-5-2)22-13-7-6-8-14-22/h6-15,18H,4-5H2,1-3H3/p+1/t15-,18+/m1/s1. The summed E-state index contributed by atoms with van der Waals surface area (Å²) in [6, 6.07) is 13.1. The minimum absolute atomic E-state index is 0.00727. The largest absolute Gasteiger partial charge is 0.374 e. The van der Waals surface area contributed by atoms with Crippen molar-refractivity contribution in [2.24, 2.45) is 0 Å². The van der Waals surface area contributed by atoms with Gasteiger partial charge in [0.25, 0.3) is 6.04 Å². The van der Waals surface area contributed by atoms with Crippen molar-refractivity contribution >= 4 is 23.0 Å². The SMILES string of the molecule is CCNC(=S)[C@H](C(=O)c1ccc([C@H](C)CC)cc1)[n+]1ccccc1. The van der Waals surface area contributed by atoms with Crippen molar-refractivity contribution in [3.63, 3.8) is 0 Å². The molecule has 24 heavy (non-hydrogen) atoms. The number of aromatic nitrogens is 1. The lowest BCUT2D eigenvalue weighted by Gasteiger charge is -2.14. The Morgan fingerprint density at radius 3 is 2.29 bits per heavy atom. The molecule has 2 atom stereocenters. The third-order valence-electron chi connectivity index (χ3n) is 4.26. The predicted octanol–water partition coefficient (Wildman–Crippen LogP) is 3.85. The van der Waals surface area contributed by atoms with Gasteiger partial charge in [0, 0.05) is 24.2 Å². The summed E-state index contributed by atoms with van der Waals surface area (Å²) in [5, 5.41) is 3.12. The van der Waals surface area contributed by atoms with E-state index in [1.54, 1.807) is 0 Å². The molecule has 0 fully saturated rings. The van der Waals surface area contributed by atoms with Gasteiger partial charge in [0.2, 0.25) is 5.78 Å². The number of pyridine rings is 1. The molecule has 4 heteroatoms. The van der Waals surface area contributed by atoms with Crippen LogP contribution in [0, 0.1) is 0 Å². The summed E-state index contributed by atoms with van der Waals surface area (Å²) in [6.07, 6.45) is 4.83. The van der Waals surface area contributed by atoms with Gasteiger partial charge in [-0.25, -0.2) is 0 Å². The Labute approximate surface area is 149 Å². The van der Waals surface area contributed by atoms with E-state index in [1.165, 1.54) is 5.56 Å². The van der Waals surface area contributed by atoms with Crippen LogP contribution in [-0.2, 0) is 0 Å². The van der Waals surface area contributed by atoms with Gasteiger partial charge in [-0.2, -0.15) is 4.57 Å². The van der Waals surface area contributed by atoms with Crippen molar-refractivity contribution in [2.75, 3.05) is 6.54 Å². The Hall–Kier alpha value is -2.07. The van der Waals surface area contributed by atoms with Crippen LogP contribution in [0.4, 0.5) is 0 Å². The molecule has 1 N–H and O–H groups in total. The number of likely N-dealkylation sites (N-methyl/N-ethyl adjacent to an activating group) is 1. The Kier molecular flexibility index (Phi) is 6.62. The van der Waals surface area contributed by atoms with Gasteiger partial charge >= 0.3 is 0 Å². The average Bonchev–Trinajstić information content (AvgIpc) is 2.62. The van der Waals surface area contributed by atoms with Crippen LogP contribution in [0.1, 0.15) is 55.1 Å². The summed E-state index contributed by atoms with van der Waals surface area (Å²) in [7, 11) is 0. The molecule has 0 saturated heterocycles. The van der Waals surface area contributed by atoms with E-state index in [-0.39, 0.29) is 5.78 Å². The van der Waals surface area contributed by atoms with E-state index in [2.05, 4.69) is 19.2 Å². The molecule has 0 bridgehead atoms. The molecule has 1 aromatic heterocycles. The highest BCUT2D eigenvalue weighted by Crippen LogP contribution is 2.20. The Balaban J connectivity index is 2.32. The molecular formula is C20H25N2OS+. The fourth-order valence-corrected chi connectivity index (χ4v) is 2.99. The number of Topliss-reactive ketones (excluding diaryl/α,β-unsaturated/α-hetero) is 1. The minimum atomic E-state index is -0.518. The van der Waals surface area contributed by atoms with Crippen LogP contribution in [-0.4, -0.2) is 17.3 Å². The monoisotopic (exact) mass is 341 g/mol. The summed E-state index contributed by atoms with van der Waals surface area (Å²) in [5.74, 6) is 0.504. The summed E-state index contributed by atoms with van der Waals surface area (Å²) >= 11 is 5.47. The molecule has 0 amide bonds. The van der Waals surface area contributed by atoms with Crippen molar-refractivity contribution in [3.8, 4) is 0 Å². The van der Waals surface area contributed by atoms with Crippen LogP contribution in [0.15, 0.2) is 54.9 Å². The molecule has 2 rings (SSSR count). The summed E-state index contributed by atoms with van der Waals surface area (Å²) in [5.41, 5.74) is 1.94. The van der Waals surface area contributed by atoms with E-state index >= 15 is 0 Å². The Morgan fingerprint density at radius 1 is 1.12 bits per heavy atom. The lowest BCUT2D eigenvalue weighted by molar-refractivity contribution is -0.692. The Bertz CT molecular complexity index is 683. The smallest absolute Gasteiger partial charge is 0.270 e. The molecular weight excluding hydrogens is 316 g/mol. The van der Waals surface area contributed by atoms with Gasteiger partial charge in [0.05, 0.1) is 0 Å². The number of hydrogen-bond donors (Lipinski definition) is 1. The van der Waals surface area contributed by atoms with E-state index in [0.717, 1.165) is 6.42 Å². The molecule has 2 aromatic rings. The first-order valence-electron chi connectivity index (χ1n) is 8.46. The van der Waals surface area contributed by atoms with E-state index < -0.39 is 6.04 Å². The highest BCUT2D eigenvalue weighted by Gasteiger charge is 2.32. The van der Waals surface area contributed by atoms with Gasteiger partial charge in [0.15, 0.2) is 17.4 Å². The average molecular weight is 342 g/mol. The fourth-order valence-electron chi connectivity index (χ4n) is 2.61. The second-order valence-electron chi connectivity index (χ2n) is 5.92. The molecule has 0 saturated carbocycles. The molecule has 0 radical (unpaired) electrons. The maximum absolute atomic E-state index is 13.1. The summed E-state index contributed by atoms with van der Waals surface area (Å²) in [6.45, 7) is 7.04. The van der Waals surface area contributed by atoms with E-state index in [4.69, 9.17) is 12.2 Å². The third-order valence-corrected chi connectivity index (χ3v) is 4.63. The van der Waals surface area contributed by atoms with Crippen molar-refractivity contribution in [3.05, 3.63) is 66.0 Å². The number of nitrogens with one attached hydrogen (secondary N) is 1. The molecule has 1 aromatic carbocycles. The summed E-state index contributed by atoms with van der Waals surface area (Å²) < 4.78 is 1.86. The van der Waals surface area contributed by atoms with Crippen LogP contribution in [0.5, 0.6) is 0 Å². The Morgan fingerprint density at radius 2 is 1.75 bits per heavy atom. The number of rotatable bonds is 7. The van der Waals surface area contributed by atoms with Crippen molar-refractivity contribution in [2.45, 2.75) is 39.2 Å². The zero-order valence-corrected chi connectivity index (χ0v) is 15.3. The molecule has 0 unspecified atom stereocenters. The number of hydrogen-bond acceptors (Lipinski definition) is 2. The lowest BCUT2D eigenvalue weighted by Crippen LogP contribution is -2.51. The van der Waals surface area contributed by atoms with Crippen molar-refractivity contribution < 1.29 is 9.36 Å². The second-order valence-corrected chi connectivity index (χ2v) is 6.36. The molecule has 0 spiro atoms. The number of carbonyl (C=O) groups is 1. The van der Waals surface area contributed by atoms with Crippen molar-refractivity contribution in [1.82, 2.24) is 5.32 Å². The third kappa shape index (κ3) is 4.26. The first kappa shape index (κ1) is 18.3. The number of thiocarbonyl (C=S) groups is 1. The van der Waals surface area contributed by atoms with Crippen molar-refractivity contribution in [1.29, 1.82) is 0 Å². The van der Waals surface area contributed by atoms with E-state index in [1.807, 2.05) is 66.3 Å². The maximum Gasteiger partial charge on any atom is 0.270 e. The molecule has 0 aliphatic carbocycles. The molecule has 0 aliphatic rings. The molecule has 126 valence electrons. The van der Waals surface area contributed by atoms with Gasteiger partial charge in [0.1, 0.15) is 0 Å². The van der Waals surface area contributed by atoms with Crippen LogP contribution >= 0.6 is 12.2 Å². The van der Waals surface area contributed by atoms with Crippen LogP contribution in [0.3, 0.4) is 0 Å². The first-order valence-corrected chi connectivity index (χ1v) is 8.87. The highest BCUT2D eigenvalue weighted by atomic mass is 32.1. The fraction of sp³-hybridized carbons (Fsp3) is 0.350. The highest BCUT2D eigenvalue weighted by molar-refractivity contribution is 7.80. The topological polar surface area (TPSA) is 33.0 Å². The van der Waals surface area contributed by atoms with Crippen LogP contribution < -0.4 is 9.88 Å². The van der Waals surface area contributed by atoms with Gasteiger partial charge in [-0.3, -0.25) is 4.79 Å². The normalized spacial score (nSPS) is 13.1. The second kappa shape index (κ2) is 8.69. The quantitative estimate of drug-likeness (QED) is 0.472. The van der Waals surface area contributed by atoms with E-state index in [9.17, 15) is 4.79 Å². The van der Waals surface area contributed by atoms with Crippen LogP contribution in [0.2, 0.25) is 0 Å².